The molecule has 18 heavy (non-hydrogen) atoms. The predicted octanol–water partition coefficient (Wildman–Crippen LogP) is 0.0478. The molecular formula is C10H20N4O3S. The molecule has 0 unspecified atom stereocenters. The van der Waals surface area contributed by atoms with E-state index >= 15 is 0 Å². The molecule has 0 saturated heterocycles. The Morgan fingerprint density at radius 3 is 2.61 bits per heavy atom. The largest absolute Gasteiger partial charge is 0.381 e. The van der Waals surface area contributed by atoms with Gasteiger partial charge in [0.25, 0.3) is 0 Å². The van der Waals surface area contributed by atoms with E-state index in [-0.39, 0.29) is 23.4 Å². The van der Waals surface area contributed by atoms with E-state index in [9.17, 15) is 8.42 Å². The Labute approximate surface area is 108 Å². The van der Waals surface area contributed by atoms with Crippen molar-refractivity contribution < 1.29 is 13.2 Å². The van der Waals surface area contributed by atoms with Crippen molar-refractivity contribution in [3.8, 4) is 0 Å². The first-order valence-electron chi connectivity index (χ1n) is 5.62. The number of aryl methyl sites for hydroxylation is 1. The highest BCUT2D eigenvalue weighted by Crippen LogP contribution is 2.19. The molecule has 104 valence electrons. The fourth-order valence-electron chi connectivity index (χ4n) is 1.39. The number of likely N-dealkylation sites (N-methyl/N-ethyl adjacent to an activating group) is 1. The van der Waals surface area contributed by atoms with Crippen LogP contribution in [0.1, 0.15) is 13.8 Å². The molecule has 1 heterocycles. The first kappa shape index (κ1) is 14.9. The fourth-order valence-corrected chi connectivity index (χ4v) is 2.63. The van der Waals surface area contributed by atoms with Crippen LogP contribution in [0.5, 0.6) is 0 Å². The van der Waals surface area contributed by atoms with Gasteiger partial charge in [-0.1, -0.05) is 0 Å². The summed E-state index contributed by atoms with van der Waals surface area (Å²) in [5, 5.41) is 3.83. The molecule has 0 aliphatic heterocycles. The van der Waals surface area contributed by atoms with Gasteiger partial charge in [-0.25, -0.2) is 8.42 Å². The molecule has 1 aromatic rings. The number of anilines is 1. The summed E-state index contributed by atoms with van der Waals surface area (Å²) >= 11 is 0. The molecule has 0 radical (unpaired) electrons. The quantitative estimate of drug-likeness (QED) is 0.792. The van der Waals surface area contributed by atoms with Gasteiger partial charge in [0.05, 0.1) is 12.7 Å². The Hall–Kier alpha value is -1.12. The summed E-state index contributed by atoms with van der Waals surface area (Å²) in [7, 11) is -0.488. The smallest absolute Gasteiger partial charge is 0.248 e. The predicted molar refractivity (Wildman–Crippen MR) is 68.5 cm³/mol. The van der Waals surface area contributed by atoms with Gasteiger partial charge >= 0.3 is 0 Å². The van der Waals surface area contributed by atoms with Crippen molar-refractivity contribution in [2.75, 3.05) is 25.9 Å². The van der Waals surface area contributed by atoms with Gasteiger partial charge in [0.1, 0.15) is 4.90 Å². The Bertz CT molecular complexity index is 495. The summed E-state index contributed by atoms with van der Waals surface area (Å²) in [5.74, 6) is 0.00845. The summed E-state index contributed by atoms with van der Waals surface area (Å²) < 4.78 is 32.3. The summed E-state index contributed by atoms with van der Waals surface area (Å²) in [4.78, 5) is 0.0250. The van der Waals surface area contributed by atoms with Gasteiger partial charge in [0.2, 0.25) is 10.0 Å². The van der Waals surface area contributed by atoms with Gasteiger partial charge in [0, 0.05) is 26.8 Å². The van der Waals surface area contributed by atoms with Gasteiger partial charge in [0.15, 0.2) is 5.82 Å². The standard InChI is InChI=1S/C10H20N4O3S/c1-8(2)17-6-5-14(4)18(15,16)9-7-13(3)12-10(9)11/h7-8H,5-6H2,1-4H3,(H2,11,12). The van der Waals surface area contributed by atoms with Gasteiger partial charge in [-0.15, -0.1) is 0 Å². The van der Waals surface area contributed by atoms with Crippen LogP contribution < -0.4 is 5.73 Å². The summed E-state index contributed by atoms with van der Waals surface area (Å²) in [5.41, 5.74) is 5.57. The molecule has 0 spiro atoms. The van der Waals surface area contributed by atoms with E-state index in [0.717, 1.165) is 0 Å². The number of nitrogens with zero attached hydrogens (tertiary/aromatic N) is 3. The second-order valence-electron chi connectivity index (χ2n) is 4.30. The van der Waals surface area contributed by atoms with Crippen molar-refractivity contribution in [2.24, 2.45) is 7.05 Å². The van der Waals surface area contributed by atoms with Crippen LogP contribution in [-0.4, -0.2) is 48.8 Å². The maximum absolute atomic E-state index is 12.2. The lowest BCUT2D eigenvalue weighted by Gasteiger charge is -2.17. The number of hydrogen-bond donors (Lipinski definition) is 1. The Morgan fingerprint density at radius 2 is 2.17 bits per heavy atom. The summed E-state index contributed by atoms with van der Waals surface area (Å²) in [6.07, 6.45) is 1.47. The third-order valence-electron chi connectivity index (χ3n) is 2.37. The maximum atomic E-state index is 12.2. The molecule has 0 aliphatic rings. The second-order valence-corrected chi connectivity index (χ2v) is 6.31. The third-order valence-corrected chi connectivity index (χ3v) is 4.24. The van der Waals surface area contributed by atoms with Crippen LogP contribution in [0.4, 0.5) is 5.82 Å². The highest BCUT2D eigenvalue weighted by Gasteiger charge is 2.25. The molecular weight excluding hydrogens is 256 g/mol. The van der Waals surface area contributed by atoms with Crippen LogP contribution in [0.2, 0.25) is 0 Å². The SMILES string of the molecule is CC(C)OCCN(C)S(=O)(=O)c1cn(C)nc1N. The van der Waals surface area contributed by atoms with Crippen LogP contribution in [-0.2, 0) is 21.8 Å². The number of ether oxygens (including phenoxy) is 1. The van der Waals surface area contributed by atoms with E-state index < -0.39 is 10.0 Å². The third kappa shape index (κ3) is 3.44. The fraction of sp³-hybridized carbons (Fsp3) is 0.700. The zero-order chi connectivity index (χ0) is 13.9. The van der Waals surface area contributed by atoms with Crippen LogP contribution in [0.3, 0.4) is 0 Å². The first-order chi connectivity index (χ1) is 8.25. The molecule has 0 bridgehead atoms. The van der Waals surface area contributed by atoms with Crippen molar-refractivity contribution >= 4 is 15.8 Å². The minimum Gasteiger partial charge on any atom is -0.381 e. The molecule has 1 aromatic heterocycles. The zero-order valence-electron chi connectivity index (χ0n) is 11.1. The van der Waals surface area contributed by atoms with Gasteiger partial charge in [-0.2, -0.15) is 9.40 Å². The molecule has 0 amide bonds. The number of rotatable bonds is 6. The molecule has 0 atom stereocenters. The molecule has 0 saturated carbocycles. The average molecular weight is 276 g/mol. The molecule has 8 heteroatoms. The lowest BCUT2D eigenvalue weighted by molar-refractivity contribution is 0.0737. The van der Waals surface area contributed by atoms with E-state index in [0.29, 0.717) is 6.61 Å². The van der Waals surface area contributed by atoms with E-state index in [1.165, 1.54) is 22.2 Å². The minimum absolute atomic E-state index is 0.00845. The highest BCUT2D eigenvalue weighted by atomic mass is 32.2. The molecule has 7 nitrogen and oxygen atoms in total. The molecule has 1 rings (SSSR count). The van der Waals surface area contributed by atoms with E-state index in [4.69, 9.17) is 10.5 Å². The van der Waals surface area contributed by atoms with Crippen LogP contribution >= 0.6 is 0 Å². The number of sulfonamides is 1. The number of nitrogens with two attached hydrogens (primary N) is 1. The van der Waals surface area contributed by atoms with E-state index in [1.807, 2.05) is 13.8 Å². The van der Waals surface area contributed by atoms with Crippen molar-refractivity contribution in [1.29, 1.82) is 0 Å². The maximum Gasteiger partial charge on any atom is 0.248 e. The monoisotopic (exact) mass is 276 g/mol. The minimum atomic E-state index is -3.60. The Morgan fingerprint density at radius 1 is 1.56 bits per heavy atom. The van der Waals surface area contributed by atoms with Crippen molar-refractivity contribution in [3.63, 3.8) is 0 Å². The van der Waals surface area contributed by atoms with E-state index in [2.05, 4.69) is 5.10 Å². The molecule has 2 N–H and O–H groups in total. The summed E-state index contributed by atoms with van der Waals surface area (Å²) in [6.45, 7) is 4.41. The van der Waals surface area contributed by atoms with Gasteiger partial charge in [-0.3, -0.25) is 4.68 Å². The zero-order valence-corrected chi connectivity index (χ0v) is 11.9. The number of aromatic nitrogens is 2. The normalized spacial score (nSPS) is 12.6. The number of nitrogen functional groups attached to an aromatic ring is 1. The van der Waals surface area contributed by atoms with E-state index in [1.54, 1.807) is 7.05 Å². The van der Waals surface area contributed by atoms with Gasteiger partial charge in [-0.05, 0) is 13.8 Å². The Balaban J connectivity index is 2.77. The number of hydrogen-bond acceptors (Lipinski definition) is 5. The molecule has 0 aliphatic carbocycles. The average Bonchev–Trinajstić information content (AvgIpc) is 2.57. The van der Waals surface area contributed by atoms with Crippen molar-refractivity contribution in [2.45, 2.75) is 24.8 Å². The van der Waals surface area contributed by atoms with Crippen molar-refractivity contribution in [1.82, 2.24) is 14.1 Å². The lowest BCUT2D eigenvalue weighted by atomic mass is 10.5. The van der Waals surface area contributed by atoms with Crippen LogP contribution in [0.15, 0.2) is 11.1 Å². The topological polar surface area (TPSA) is 90.5 Å². The lowest BCUT2D eigenvalue weighted by Crippen LogP contribution is -2.31. The Kier molecular flexibility index (Phi) is 4.71. The van der Waals surface area contributed by atoms with Gasteiger partial charge < -0.3 is 10.5 Å². The molecule has 0 fully saturated rings. The van der Waals surface area contributed by atoms with Crippen molar-refractivity contribution in [3.05, 3.63) is 6.20 Å². The second kappa shape index (κ2) is 5.68. The van der Waals surface area contributed by atoms with Crippen LogP contribution in [0.25, 0.3) is 0 Å². The first-order valence-corrected chi connectivity index (χ1v) is 7.06. The summed E-state index contributed by atoms with van der Waals surface area (Å²) in [6, 6.07) is 0. The highest BCUT2D eigenvalue weighted by molar-refractivity contribution is 7.89. The molecule has 0 aromatic carbocycles. The van der Waals surface area contributed by atoms with Crippen LogP contribution in [0, 0.1) is 0 Å².